The zero-order valence-electron chi connectivity index (χ0n) is 9.99. The molecule has 90 valence electrons. The van der Waals surface area contributed by atoms with Crippen molar-refractivity contribution in [2.45, 2.75) is 18.8 Å². The molecule has 1 aliphatic heterocycles. The molecule has 1 aromatic carbocycles. The Bertz CT molecular complexity index is 514. The lowest BCUT2D eigenvalue weighted by atomic mass is 9.92. The molecule has 2 heterocycles. The summed E-state index contributed by atoms with van der Waals surface area (Å²) in [5.41, 5.74) is 2.21. The third-order valence-corrected chi connectivity index (χ3v) is 3.54. The third-order valence-electron chi connectivity index (χ3n) is 3.54. The van der Waals surface area contributed by atoms with Gasteiger partial charge in [0.15, 0.2) is 0 Å². The number of methoxy groups -OCH3 is 1. The van der Waals surface area contributed by atoms with E-state index in [2.05, 4.69) is 21.6 Å². The fourth-order valence-corrected chi connectivity index (χ4v) is 2.61. The highest BCUT2D eigenvalue weighted by atomic mass is 16.5. The number of aromatic nitrogens is 2. The Morgan fingerprint density at radius 3 is 2.88 bits per heavy atom. The van der Waals surface area contributed by atoms with Crippen LogP contribution in [0.25, 0.3) is 10.9 Å². The Hall–Kier alpha value is -1.55. The number of hydrogen-bond acceptors (Lipinski definition) is 3. The predicted octanol–water partition coefficient (Wildman–Crippen LogP) is 2.04. The van der Waals surface area contributed by atoms with E-state index in [1.165, 1.54) is 11.1 Å². The fraction of sp³-hybridized carbons (Fsp3) is 0.462. The Labute approximate surface area is 100 Å². The van der Waals surface area contributed by atoms with Crippen LogP contribution in [0.4, 0.5) is 0 Å². The van der Waals surface area contributed by atoms with Crippen molar-refractivity contribution < 1.29 is 4.74 Å². The van der Waals surface area contributed by atoms with E-state index in [-0.39, 0.29) is 0 Å². The number of nitrogens with zero attached hydrogens (tertiary/aromatic N) is 1. The van der Waals surface area contributed by atoms with E-state index in [1.807, 2.05) is 12.1 Å². The maximum atomic E-state index is 5.34. The number of hydrogen-bond donors (Lipinski definition) is 2. The maximum Gasteiger partial charge on any atom is 0.144 e. The number of H-pyrrole nitrogens is 1. The number of para-hydroxylation sites is 1. The first-order chi connectivity index (χ1) is 8.40. The van der Waals surface area contributed by atoms with E-state index >= 15 is 0 Å². The minimum absolute atomic E-state index is 0.567. The van der Waals surface area contributed by atoms with Gasteiger partial charge in [-0.15, -0.1) is 0 Å². The highest BCUT2D eigenvalue weighted by Crippen LogP contribution is 2.32. The molecule has 2 aromatic rings. The van der Waals surface area contributed by atoms with Crippen molar-refractivity contribution in [1.82, 2.24) is 15.5 Å². The van der Waals surface area contributed by atoms with Gasteiger partial charge in [0, 0.05) is 11.3 Å². The number of rotatable bonds is 2. The van der Waals surface area contributed by atoms with Gasteiger partial charge in [-0.3, -0.25) is 5.10 Å². The Kier molecular flexibility index (Phi) is 2.73. The molecular formula is C13H17N3O. The summed E-state index contributed by atoms with van der Waals surface area (Å²) in [6, 6.07) is 6.12. The molecule has 2 N–H and O–H groups in total. The first kappa shape index (κ1) is 10.6. The van der Waals surface area contributed by atoms with Crippen molar-refractivity contribution in [2.75, 3.05) is 20.2 Å². The summed E-state index contributed by atoms with van der Waals surface area (Å²) in [7, 11) is 1.69. The summed E-state index contributed by atoms with van der Waals surface area (Å²) in [4.78, 5) is 0. The van der Waals surface area contributed by atoms with Crippen LogP contribution >= 0.6 is 0 Å². The largest absolute Gasteiger partial charge is 0.494 e. The molecule has 0 unspecified atom stereocenters. The van der Waals surface area contributed by atoms with Crippen LogP contribution in [0.5, 0.6) is 5.75 Å². The predicted molar refractivity (Wildman–Crippen MR) is 67.5 cm³/mol. The first-order valence-corrected chi connectivity index (χ1v) is 6.12. The highest BCUT2D eigenvalue weighted by Gasteiger charge is 2.20. The van der Waals surface area contributed by atoms with Crippen LogP contribution in [0, 0.1) is 0 Å². The van der Waals surface area contributed by atoms with Crippen molar-refractivity contribution in [3.8, 4) is 5.75 Å². The van der Waals surface area contributed by atoms with Crippen molar-refractivity contribution in [2.24, 2.45) is 0 Å². The highest BCUT2D eigenvalue weighted by molar-refractivity contribution is 5.87. The Morgan fingerprint density at radius 2 is 2.12 bits per heavy atom. The van der Waals surface area contributed by atoms with Crippen LogP contribution in [-0.4, -0.2) is 30.4 Å². The lowest BCUT2D eigenvalue weighted by Crippen LogP contribution is -2.26. The zero-order valence-corrected chi connectivity index (χ0v) is 9.99. The molecule has 4 heteroatoms. The number of piperidine rings is 1. The lowest BCUT2D eigenvalue weighted by molar-refractivity contribution is 0.419. The van der Waals surface area contributed by atoms with Gasteiger partial charge in [-0.25, -0.2) is 0 Å². The van der Waals surface area contributed by atoms with Crippen LogP contribution in [0.3, 0.4) is 0 Å². The second-order valence-electron chi connectivity index (χ2n) is 4.52. The van der Waals surface area contributed by atoms with Gasteiger partial charge >= 0.3 is 0 Å². The average Bonchev–Trinajstić information content (AvgIpc) is 2.83. The van der Waals surface area contributed by atoms with Crippen molar-refractivity contribution in [3.63, 3.8) is 0 Å². The molecule has 0 saturated carbocycles. The van der Waals surface area contributed by atoms with Crippen LogP contribution in [-0.2, 0) is 0 Å². The smallest absolute Gasteiger partial charge is 0.144 e. The van der Waals surface area contributed by atoms with E-state index in [4.69, 9.17) is 4.74 Å². The summed E-state index contributed by atoms with van der Waals surface area (Å²) in [6.07, 6.45) is 2.33. The molecule has 3 rings (SSSR count). The van der Waals surface area contributed by atoms with Crippen LogP contribution in [0.2, 0.25) is 0 Å². The number of benzene rings is 1. The number of aromatic amines is 1. The fourth-order valence-electron chi connectivity index (χ4n) is 2.61. The van der Waals surface area contributed by atoms with Crippen LogP contribution in [0.15, 0.2) is 18.2 Å². The van der Waals surface area contributed by atoms with Crippen molar-refractivity contribution >= 4 is 10.9 Å². The average molecular weight is 231 g/mol. The van der Waals surface area contributed by atoms with Gasteiger partial charge in [-0.2, -0.15) is 5.10 Å². The summed E-state index contributed by atoms with van der Waals surface area (Å²) >= 11 is 0. The molecule has 0 spiro atoms. The number of fused-ring (bicyclic) bond motifs is 1. The van der Waals surface area contributed by atoms with Gasteiger partial charge in [-0.05, 0) is 32.0 Å². The van der Waals surface area contributed by atoms with Crippen molar-refractivity contribution in [3.05, 3.63) is 23.9 Å². The van der Waals surface area contributed by atoms with Gasteiger partial charge < -0.3 is 10.1 Å². The molecule has 1 fully saturated rings. The minimum Gasteiger partial charge on any atom is -0.494 e. The number of nitrogens with one attached hydrogen (secondary N) is 2. The second kappa shape index (κ2) is 4.37. The first-order valence-electron chi connectivity index (χ1n) is 6.12. The second-order valence-corrected chi connectivity index (χ2v) is 4.52. The third kappa shape index (κ3) is 1.78. The summed E-state index contributed by atoms with van der Waals surface area (Å²) in [5, 5.41) is 12.2. The molecule has 0 aliphatic carbocycles. The van der Waals surface area contributed by atoms with Gasteiger partial charge in [0.2, 0.25) is 0 Å². The van der Waals surface area contributed by atoms with Gasteiger partial charge in [0.05, 0.1) is 12.8 Å². The van der Waals surface area contributed by atoms with E-state index < -0.39 is 0 Å². The molecule has 0 amide bonds. The molecule has 0 atom stereocenters. The van der Waals surface area contributed by atoms with E-state index in [1.54, 1.807) is 7.11 Å². The van der Waals surface area contributed by atoms with E-state index in [9.17, 15) is 0 Å². The molecule has 1 saturated heterocycles. The molecule has 1 aliphatic rings. The maximum absolute atomic E-state index is 5.34. The topological polar surface area (TPSA) is 49.9 Å². The monoisotopic (exact) mass is 231 g/mol. The summed E-state index contributed by atoms with van der Waals surface area (Å²) < 4.78 is 5.34. The zero-order chi connectivity index (χ0) is 11.7. The van der Waals surface area contributed by atoms with Crippen molar-refractivity contribution in [1.29, 1.82) is 0 Å². The van der Waals surface area contributed by atoms with Crippen LogP contribution < -0.4 is 10.1 Å². The standard InChI is InChI=1S/C13H17N3O/c1-17-11-4-2-3-10-12(15-16-13(10)11)9-5-7-14-8-6-9/h2-4,9,14H,5-8H2,1H3,(H,15,16). The SMILES string of the molecule is COc1cccc2c(C3CCNCC3)n[nH]c12. The van der Waals surface area contributed by atoms with Gasteiger partial charge in [-0.1, -0.05) is 12.1 Å². The molecule has 1 aromatic heterocycles. The van der Waals surface area contributed by atoms with Gasteiger partial charge in [0.25, 0.3) is 0 Å². The van der Waals surface area contributed by atoms with Crippen LogP contribution in [0.1, 0.15) is 24.5 Å². The summed E-state index contributed by atoms with van der Waals surface area (Å²) in [5.74, 6) is 1.44. The quantitative estimate of drug-likeness (QED) is 0.831. The molecule has 0 bridgehead atoms. The summed E-state index contributed by atoms with van der Waals surface area (Å²) in [6.45, 7) is 2.17. The normalized spacial score (nSPS) is 17.5. The molecule has 0 radical (unpaired) electrons. The molecule has 4 nitrogen and oxygen atoms in total. The number of ether oxygens (including phenoxy) is 1. The Balaban J connectivity index is 2.05. The Morgan fingerprint density at radius 1 is 1.29 bits per heavy atom. The molecular weight excluding hydrogens is 214 g/mol. The van der Waals surface area contributed by atoms with E-state index in [0.717, 1.165) is 37.2 Å². The van der Waals surface area contributed by atoms with E-state index in [0.29, 0.717) is 5.92 Å². The lowest BCUT2D eigenvalue weighted by Gasteiger charge is -2.21. The molecule has 17 heavy (non-hydrogen) atoms. The van der Waals surface area contributed by atoms with Gasteiger partial charge in [0.1, 0.15) is 11.3 Å². The minimum atomic E-state index is 0.567.